The molecule has 2 aromatic heterocycles. The number of aromatic nitrogens is 3. The SMILES string of the molecule is COc1cccc(CNC(=O)CSc2ncnc3nc(N4CCC[C@@H](C)C4)sc23)c1. The van der Waals surface area contributed by atoms with E-state index in [0.717, 1.165) is 39.3 Å². The van der Waals surface area contributed by atoms with Gasteiger partial charge in [-0.1, -0.05) is 42.2 Å². The summed E-state index contributed by atoms with van der Waals surface area (Å²) in [5, 5.41) is 4.76. The zero-order chi connectivity index (χ0) is 20.9. The predicted molar refractivity (Wildman–Crippen MR) is 121 cm³/mol. The van der Waals surface area contributed by atoms with Crippen LogP contribution in [0.15, 0.2) is 35.6 Å². The summed E-state index contributed by atoms with van der Waals surface area (Å²) in [6, 6.07) is 7.68. The number of nitrogens with zero attached hydrogens (tertiary/aromatic N) is 4. The second kappa shape index (κ2) is 9.61. The average Bonchev–Trinajstić information content (AvgIpc) is 3.21. The number of ether oxygens (including phenoxy) is 1. The highest BCUT2D eigenvalue weighted by Gasteiger charge is 2.21. The maximum Gasteiger partial charge on any atom is 0.230 e. The first kappa shape index (κ1) is 20.9. The fraction of sp³-hybridized carbons (Fsp3) is 0.429. The van der Waals surface area contributed by atoms with Crippen LogP contribution in [0.4, 0.5) is 5.13 Å². The minimum absolute atomic E-state index is 0.0378. The van der Waals surface area contributed by atoms with Crippen LogP contribution < -0.4 is 15.0 Å². The van der Waals surface area contributed by atoms with E-state index in [4.69, 9.17) is 9.72 Å². The van der Waals surface area contributed by atoms with Crippen LogP contribution in [0.2, 0.25) is 0 Å². The lowest BCUT2D eigenvalue weighted by Crippen LogP contribution is -2.34. The number of hydrogen-bond donors (Lipinski definition) is 1. The smallest absolute Gasteiger partial charge is 0.230 e. The maximum absolute atomic E-state index is 12.3. The molecule has 0 bridgehead atoms. The third-order valence-electron chi connectivity index (χ3n) is 5.04. The van der Waals surface area contributed by atoms with Crippen LogP contribution in [0, 0.1) is 5.92 Å². The number of rotatable bonds is 7. The quantitative estimate of drug-likeness (QED) is 0.440. The molecule has 1 amide bonds. The molecule has 1 saturated heterocycles. The lowest BCUT2D eigenvalue weighted by Gasteiger charge is -2.30. The van der Waals surface area contributed by atoms with Crippen molar-refractivity contribution in [2.45, 2.75) is 31.3 Å². The summed E-state index contributed by atoms with van der Waals surface area (Å²) in [6.45, 7) is 4.81. The second-order valence-corrected chi connectivity index (χ2v) is 9.38. The molecule has 1 aliphatic rings. The van der Waals surface area contributed by atoms with Crippen LogP contribution in [0.5, 0.6) is 5.75 Å². The van der Waals surface area contributed by atoms with E-state index in [1.165, 1.54) is 30.9 Å². The van der Waals surface area contributed by atoms with Gasteiger partial charge >= 0.3 is 0 Å². The van der Waals surface area contributed by atoms with Gasteiger partial charge in [0.15, 0.2) is 10.8 Å². The molecule has 1 fully saturated rings. The molecule has 158 valence electrons. The number of piperidine rings is 1. The third kappa shape index (κ3) is 5.02. The second-order valence-electron chi connectivity index (χ2n) is 7.44. The molecule has 1 N–H and O–H groups in total. The standard InChI is InChI=1S/C21H25N5O2S2/c1-14-5-4-8-26(11-14)21-25-19-18(30-21)20(24-13-23-19)29-12-17(27)22-10-15-6-3-7-16(9-15)28-2/h3,6-7,9,13-14H,4-5,8,10-12H2,1-2H3,(H,22,27)/t14-/m1/s1. The molecular formula is C21H25N5O2S2. The number of methoxy groups -OCH3 is 1. The Labute approximate surface area is 184 Å². The zero-order valence-electron chi connectivity index (χ0n) is 17.1. The van der Waals surface area contributed by atoms with Crippen molar-refractivity contribution in [2.24, 2.45) is 5.92 Å². The molecule has 7 nitrogen and oxygen atoms in total. The highest BCUT2D eigenvalue weighted by Crippen LogP contribution is 2.35. The van der Waals surface area contributed by atoms with Gasteiger partial charge in [0.05, 0.1) is 12.9 Å². The van der Waals surface area contributed by atoms with E-state index < -0.39 is 0 Å². The fourth-order valence-corrected chi connectivity index (χ4v) is 5.45. The van der Waals surface area contributed by atoms with Crippen LogP contribution in [-0.2, 0) is 11.3 Å². The zero-order valence-corrected chi connectivity index (χ0v) is 18.8. The van der Waals surface area contributed by atoms with E-state index in [1.54, 1.807) is 18.4 Å². The number of carbonyl (C=O) groups is 1. The van der Waals surface area contributed by atoms with Gasteiger partial charge in [0.1, 0.15) is 21.8 Å². The molecule has 9 heteroatoms. The largest absolute Gasteiger partial charge is 0.497 e. The molecule has 1 atom stereocenters. The van der Waals surface area contributed by atoms with Gasteiger partial charge in [-0.15, -0.1) is 0 Å². The number of fused-ring (bicyclic) bond motifs is 1. The molecule has 4 rings (SSSR count). The normalized spacial score (nSPS) is 16.6. The van der Waals surface area contributed by atoms with Gasteiger partial charge < -0.3 is 15.0 Å². The number of amides is 1. The highest BCUT2D eigenvalue weighted by molar-refractivity contribution is 8.00. The number of carbonyl (C=O) groups excluding carboxylic acids is 1. The molecule has 0 radical (unpaired) electrons. The van der Waals surface area contributed by atoms with Gasteiger partial charge in [0.2, 0.25) is 5.91 Å². The molecule has 1 aliphatic heterocycles. The summed E-state index contributed by atoms with van der Waals surface area (Å²) in [5.74, 6) is 1.72. The Morgan fingerprint density at radius 2 is 2.30 bits per heavy atom. The van der Waals surface area contributed by atoms with Crippen LogP contribution in [0.1, 0.15) is 25.3 Å². The molecular weight excluding hydrogens is 418 g/mol. The van der Waals surface area contributed by atoms with E-state index >= 15 is 0 Å². The molecule has 0 aliphatic carbocycles. The summed E-state index contributed by atoms with van der Waals surface area (Å²) in [5.41, 5.74) is 1.71. The van der Waals surface area contributed by atoms with E-state index in [2.05, 4.69) is 27.1 Å². The Balaban J connectivity index is 1.38. The van der Waals surface area contributed by atoms with Crippen molar-refractivity contribution in [3.63, 3.8) is 0 Å². The maximum atomic E-state index is 12.3. The predicted octanol–water partition coefficient (Wildman–Crippen LogP) is 3.74. The van der Waals surface area contributed by atoms with Crippen molar-refractivity contribution < 1.29 is 9.53 Å². The molecule has 0 unspecified atom stereocenters. The molecule has 3 heterocycles. The van der Waals surface area contributed by atoms with Crippen LogP contribution in [0.25, 0.3) is 10.3 Å². The number of nitrogens with one attached hydrogen (secondary N) is 1. The van der Waals surface area contributed by atoms with Gasteiger partial charge in [-0.25, -0.2) is 9.97 Å². The minimum atomic E-state index is -0.0378. The Kier molecular flexibility index (Phi) is 6.69. The Morgan fingerprint density at radius 1 is 1.40 bits per heavy atom. The topological polar surface area (TPSA) is 80.2 Å². The van der Waals surface area contributed by atoms with Crippen molar-refractivity contribution >= 4 is 44.5 Å². The molecule has 3 aromatic rings. The van der Waals surface area contributed by atoms with E-state index in [9.17, 15) is 4.79 Å². The number of benzene rings is 1. The number of hydrogen-bond acceptors (Lipinski definition) is 8. The molecule has 0 saturated carbocycles. The summed E-state index contributed by atoms with van der Waals surface area (Å²) in [6.07, 6.45) is 3.99. The minimum Gasteiger partial charge on any atom is -0.497 e. The van der Waals surface area contributed by atoms with Gasteiger partial charge in [-0.2, -0.15) is 4.98 Å². The van der Waals surface area contributed by atoms with Crippen molar-refractivity contribution in [1.82, 2.24) is 20.3 Å². The monoisotopic (exact) mass is 443 g/mol. The summed E-state index contributed by atoms with van der Waals surface area (Å²) in [4.78, 5) is 28.1. The van der Waals surface area contributed by atoms with E-state index in [0.29, 0.717) is 23.9 Å². The van der Waals surface area contributed by atoms with Crippen LogP contribution in [-0.4, -0.2) is 46.8 Å². The van der Waals surface area contributed by atoms with Crippen LogP contribution >= 0.6 is 23.1 Å². The van der Waals surface area contributed by atoms with Crippen LogP contribution in [0.3, 0.4) is 0 Å². The first-order valence-electron chi connectivity index (χ1n) is 10.0. The first-order valence-corrected chi connectivity index (χ1v) is 11.8. The molecule has 0 spiro atoms. The third-order valence-corrected chi connectivity index (χ3v) is 7.27. The lowest BCUT2D eigenvalue weighted by molar-refractivity contribution is -0.118. The summed E-state index contributed by atoms with van der Waals surface area (Å²) < 4.78 is 6.18. The number of thioether (sulfide) groups is 1. The molecule has 30 heavy (non-hydrogen) atoms. The van der Waals surface area contributed by atoms with Crippen molar-refractivity contribution in [1.29, 1.82) is 0 Å². The highest BCUT2D eigenvalue weighted by atomic mass is 32.2. The fourth-order valence-electron chi connectivity index (χ4n) is 3.49. The number of thiazole rings is 1. The summed E-state index contributed by atoms with van der Waals surface area (Å²) in [7, 11) is 1.63. The first-order chi connectivity index (χ1) is 14.6. The van der Waals surface area contributed by atoms with Crippen molar-refractivity contribution in [2.75, 3.05) is 30.9 Å². The Bertz CT molecular complexity index is 1030. The Morgan fingerprint density at radius 3 is 3.13 bits per heavy atom. The lowest BCUT2D eigenvalue weighted by atomic mass is 10.0. The number of anilines is 1. The van der Waals surface area contributed by atoms with Crippen molar-refractivity contribution in [3.05, 3.63) is 36.2 Å². The van der Waals surface area contributed by atoms with Gasteiger partial charge in [0, 0.05) is 19.6 Å². The van der Waals surface area contributed by atoms with Gasteiger partial charge in [-0.05, 0) is 36.5 Å². The van der Waals surface area contributed by atoms with E-state index in [1.807, 2.05) is 24.3 Å². The van der Waals surface area contributed by atoms with Crippen molar-refractivity contribution in [3.8, 4) is 5.75 Å². The van der Waals surface area contributed by atoms with E-state index in [-0.39, 0.29) is 5.91 Å². The van der Waals surface area contributed by atoms with Gasteiger partial charge in [-0.3, -0.25) is 4.79 Å². The average molecular weight is 444 g/mol. The van der Waals surface area contributed by atoms with Gasteiger partial charge in [0.25, 0.3) is 0 Å². The Hall–Kier alpha value is -2.39. The molecule has 1 aromatic carbocycles. The summed E-state index contributed by atoms with van der Waals surface area (Å²) >= 11 is 3.05.